The van der Waals surface area contributed by atoms with Gasteiger partial charge in [0.25, 0.3) is 0 Å². The zero-order valence-electron chi connectivity index (χ0n) is 7.54. The molecule has 1 aliphatic heterocycles. The van der Waals surface area contributed by atoms with Crippen LogP contribution in [-0.4, -0.2) is 23.2 Å². The third kappa shape index (κ3) is 1.96. The highest BCUT2D eigenvalue weighted by Crippen LogP contribution is 2.26. The van der Waals surface area contributed by atoms with Crippen LogP contribution in [0.15, 0.2) is 12.3 Å². The summed E-state index contributed by atoms with van der Waals surface area (Å²) in [5, 5.41) is 0.632. The summed E-state index contributed by atoms with van der Waals surface area (Å²) in [7, 11) is 0. The van der Waals surface area contributed by atoms with Crippen LogP contribution in [0.4, 0.5) is 5.82 Å². The van der Waals surface area contributed by atoms with Crippen LogP contribution in [0.3, 0.4) is 0 Å². The van der Waals surface area contributed by atoms with Crippen molar-refractivity contribution in [3.63, 3.8) is 0 Å². The van der Waals surface area contributed by atoms with Crippen LogP contribution in [-0.2, 0) is 9.59 Å². The average Bonchev–Trinajstić information content (AvgIpc) is 2.50. The Hall–Kier alpha value is -1.13. The van der Waals surface area contributed by atoms with Crippen LogP contribution in [0.2, 0.25) is 10.0 Å². The molecule has 6 heteroatoms. The lowest BCUT2D eigenvalue weighted by Crippen LogP contribution is -2.25. The van der Waals surface area contributed by atoms with E-state index < -0.39 is 0 Å². The first-order valence-electron chi connectivity index (χ1n) is 4.21. The zero-order valence-corrected chi connectivity index (χ0v) is 9.05. The van der Waals surface area contributed by atoms with Crippen LogP contribution >= 0.6 is 23.2 Å². The highest BCUT2D eigenvalue weighted by molar-refractivity contribution is 6.42. The van der Waals surface area contributed by atoms with E-state index in [0.717, 1.165) is 0 Å². The van der Waals surface area contributed by atoms with Crippen molar-refractivity contribution in [1.82, 2.24) is 4.98 Å². The van der Waals surface area contributed by atoms with Gasteiger partial charge in [-0.25, -0.2) is 4.98 Å². The van der Waals surface area contributed by atoms with Crippen molar-refractivity contribution < 1.29 is 9.59 Å². The standard InChI is InChI=1S/C9H6Cl2N2O2/c10-6-2-8(12-3-7(6)11)13-4-5(14)1-9(13)15/h2-3H,1,4H2. The molecule has 0 unspecified atom stereocenters. The third-order valence-electron chi connectivity index (χ3n) is 2.05. The largest absolute Gasteiger partial charge is 0.297 e. The second-order valence-electron chi connectivity index (χ2n) is 3.15. The Morgan fingerprint density at radius 2 is 2.00 bits per heavy atom. The van der Waals surface area contributed by atoms with Gasteiger partial charge in [0.05, 0.1) is 23.0 Å². The lowest BCUT2D eigenvalue weighted by atomic mass is 10.3. The number of anilines is 1. The second-order valence-corrected chi connectivity index (χ2v) is 3.97. The number of hydrogen-bond donors (Lipinski definition) is 0. The molecule has 2 heterocycles. The maximum atomic E-state index is 11.4. The normalized spacial score (nSPS) is 16.3. The van der Waals surface area contributed by atoms with Crippen molar-refractivity contribution in [3.05, 3.63) is 22.3 Å². The van der Waals surface area contributed by atoms with Crippen LogP contribution in [0.25, 0.3) is 0 Å². The molecule has 1 amide bonds. The van der Waals surface area contributed by atoms with Crippen LogP contribution < -0.4 is 4.90 Å². The lowest BCUT2D eigenvalue weighted by molar-refractivity contribution is -0.121. The maximum absolute atomic E-state index is 11.4. The number of carbonyl (C=O) groups is 2. The van der Waals surface area contributed by atoms with Gasteiger partial charge in [0, 0.05) is 12.3 Å². The van der Waals surface area contributed by atoms with Crippen molar-refractivity contribution >= 4 is 40.7 Å². The van der Waals surface area contributed by atoms with Gasteiger partial charge >= 0.3 is 0 Å². The Morgan fingerprint density at radius 1 is 1.27 bits per heavy atom. The molecular weight excluding hydrogens is 239 g/mol. The Balaban J connectivity index is 2.34. The highest BCUT2D eigenvalue weighted by atomic mass is 35.5. The minimum Gasteiger partial charge on any atom is -0.297 e. The molecule has 1 aromatic heterocycles. The van der Waals surface area contributed by atoms with Crippen LogP contribution in [0.5, 0.6) is 0 Å². The molecule has 0 N–H and O–H groups in total. The van der Waals surface area contributed by atoms with Gasteiger partial charge < -0.3 is 0 Å². The van der Waals surface area contributed by atoms with Crippen LogP contribution in [0.1, 0.15) is 6.42 Å². The first kappa shape index (κ1) is 10.4. The molecule has 0 spiro atoms. The molecule has 1 aromatic rings. The summed E-state index contributed by atoms with van der Waals surface area (Å²) in [5.74, 6) is -0.0148. The van der Waals surface area contributed by atoms with E-state index in [1.807, 2.05) is 0 Å². The summed E-state index contributed by atoms with van der Waals surface area (Å²) < 4.78 is 0. The number of carbonyl (C=O) groups excluding carboxylic acids is 2. The Kier molecular flexibility index (Phi) is 2.63. The second kappa shape index (κ2) is 3.79. The summed E-state index contributed by atoms with van der Waals surface area (Å²) in [6.45, 7) is 0.0593. The molecule has 0 atom stereocenters. The molecule has 1 saturated heterocycles. The summed E-state index contributed by atoms with van der Waals surface area (Å²) in [6.07, 6.45) is 1.29. The molecule has 78 valence electrons. The number of aromatic nitrogens is 1. The predicted molar refractivity (Wildman–Crippen MR) is 56.2 cm³/mol. The van der Waals surface area contributed by atoms with Gasteiger partial charge in [0.15, 0.2) is 5.78 Å². The molecule has 15 heavy (non-hydrogen) atoms. The summed E-state index contributed by atoms with van der Waals surface area (Å²) in [6, 6.07) is 1.47. The summed E-state index contributed by atoms with van der Waals surface area (Å²) >= 11 is 11.5. The predicted octanol–water partition coefficient (Wildman–Crippen LogP) is 1.69. The van der Waals surface area contributed by atoms with E-state index in [0.29, 0.717) is 15.9 Å². The van der Waals surface area contributed by atoms with E-state index >= 15 is 0 Å². The molecule has 1 aliphatic rings. The van der Waals surface area contributed by atoms with Gasteiger partial charge in [0.1, 0.15) is 5.82 Å². The minimum atomic E-state index is -0.258. The maximum Gasteiger partial charge on any atom is 0.236 e. The summed E-state index contributed by atoms with van der Waals surface area (Å²) in [4.78, 5) is 27.6. The number of rotatable bonds is 1. The number of Topliss-reactive ketones (excluding diaryl/α,β-unsaturated/α-hetero) is 1. The lowest BCUT2D eigenvalue weighted by Gasteiger charge is -2.13. The van der Waals surface area contributed by atoms with Crippen molar-refractivity contribution in [1.29, 1.82) is 0 Å². The molecule has 0 radical (unpaired) electrons. The highest BCUT2D eigenvalue weighted by Gasteiger charge is 2.29. The SMILES string of the molecule is O=C1CC(=O)N(c2cc(Cl)c(Cl)cn2)C1. The van der Waals surface area contributed by atoms with Gasteiger partial charge in [-0.3, -0.25) is 14.5 Å². The Bertz CT molecular complexity index is 448. The number of amides is 1. The van der Waals surface area contributed by atoms with E-state index in [9.17, 15) is 9.59 Å². The van der Waals surface area contributed by atoms with Gasteiger partial charge in [-0.1, -0.05) is 23.2 Å². The molecule has 4 nitrogen and oxygen atoms in total. The number of halogens is 2. The number of ketones is 1. The molecular formula is C9H6Cl2N2O2. The van der Waals surface area contributed by atoms with Crippen LogP contribution in [0, 0.1) is 0 Å². The quantitative estimate of drug-likeness (QED) is 0.707. The monoisotopic (exact) mass is 244 g/mol. The molecule has 0 saturated carbocycles. The fraction of sp³-hybridized carbons (Fsp3) is 0.222. The average molecular weight is 245 g/mol. The number of hydrogen-bond acceptors (Lipinski definition) is 3. The van der Waals surface area contributed by atoms with Gasteiger partial charge in [0.2, 0.25) is 5.91 Å². The topological polar surface area (TPSA) is 50.3 Å². The molecule has 2 rings (SSSR count). The van der Waals surface area contributed by atoms with E-state index in [4.69, 9.17) is 23.2 Å². The smallest absolute Gasteiger partial charge is 0.236 e. The summed E-state index contributed by atoms with van der Waals surface area (Å²) in [5.41, 5.74) is 0. The first-order chi connectivity index (χ1) is 7.08. The van der Waals surface area contributed by atoms with Gasteiger partial charge in [-0.05, 0) is 0 Å². The molecule has 0 aliphatic carbocycles. The van der Waals surface area contributed by atoms with Crippen molar-refractivity contribution in [2.24, 2.45) is 0 Å². The van der Waals surface area contributed by atoms with E-state index in [2.05, 4.69) is 4.98 Å². The molecule has 0 aromatic carbocycles. The van der Waals surface area contributed by atoms with E-state index in [1.165, 1.54) is 17.2 Å². The van der Waals surface area contributed by atoms with E-state index in [1.54, 1.807) is 0 Å². The van der Waals surface area contributed by atoms with Gasteiger partial charge in [-0.2, -0.15) is 0 Å². The number of nitrogens with zero attached hydrogens (tertiary/aromatic N) is 2. The third-order valence-corrected chi connectivity index (χ3v) is 2.77. The van der Waals surface area contributed by atoms with Gasteiger partial charge in [-0.15, -0.1) is 0 Å². The van der Waals surface area contributed by atoms with Crippen molar-refractivity contribution in [2.45, 2.75) is 6.42 Å². The Labute approximate surface area is 95.8 Å². The van der Waals surface area contributed by atoms with Crippen molar-refractivity contribution in [3.8, 4) is 0 Å². The zero-order chi connectivity index (χ0) is 11.0. The van der Waals surface area contributed by atoms with Crippen molar-refractivity contribution in [2.75, 3.05) is 11.4 Å². The first-order valence-corrected chi connectivity index (χ1v) is 4.96. The van der Waals surface area contributed by atoms with E-state index in [-0.39, 0.29) is 24.7 Å². The number of pyridine rings is 1. The minimum absolute atomic E-state index is 0.0593. The fourth-order valence-corrected chi connectivity index (χ4v) is 1.59. The molecule has 0 bridgehead atoms. The Morgan fingerprint density at radius 3 is 2.53 bits per heavy atom. The fourth-order valence-electron chi connectivity index (χ4n) is 1.34. The molecule has 1 fully saturated rings.